The van der Waals surface area contributed by atoms with E-state index in [1.54, 1.807) is 18.2 Å². The minimum atomic E-state index is -0.922. The Hall–Kier alpha value is -1.26. The van der Waals surface area contributed by atoms with Gasteiger partial charge in [0.2, 0.25) is 11.8 Å². The second-order valence-corrected chi connectivity index (χ2v) is 6.25. The fraction of sp³-hybridized carbons (Fsp3) is 0.429. The Morgan fingerprint density at radius 2 is 1.85 bits per heavy atom. The van der Waals surface area contributed by atoms with Crippen LogP contribution in [0.5, 0.6) is 0 Å². The lowest BCUT2D eigenvalue weighted by Gasteiger charge is -2.16. The molecule has 0 radical (unpaired) electrons. The van der Waals surface area contributed by atoms with Crippen LogP contribution in [0.25, 0.3) is 0 Å². The molecule has 1 aromatic carbocycles. The first kappa shape index (κ1) is 13.7. The van der Waals surface area contributed by atoms with E-state index in [0.717, 1.165) is 12.8 Å². The molecule has 2 amide bonds. The van der Waals surface area contributed by atoms with Gasteiger partial charge in [-0.3, -0.25) is 9.59 Å². The first-order valence-electron chi connectivity index (χ1n) is 6.59. The molecule has 2 fully saturated rings. The molecule has 3 rings (SSSR count). The molecule has 6 heteroatoms. The molecular formula is C14H14Cl2N2O2. The highest BCUT2D eigenvalue weighted by Gasteiger charge is 2.57. The highest BCUT2D eigenvalue weighted by Crippen LogP contribution is 2.47. The quantitative estimate of drug-likeness (QED) is 0.840. The molecule has 0 atom stereocenters. The van der Waals surface area contributed by atoms with Gasteiger partial charge in [-0.25, -0.2) is 0 Å². The average molecular weight is 313 g/mol. The summed E-state index contributed by atoms with van der Waals surface area (Å²) in [6.45, 7) is 0. The van der Waals surface area contributed by atoms with Crippen LogP contribution in [0.3, 0.4) is 0 Å². The zero-order valence-electron chi connectivity index (χ0n) is 10.7. The van der Waals surface area contributed by atoms with Gasteiger partial charge in [-0.2, -0.15) is 0 Å². The fourth-order valence-electron chi connectivity index (χ4n) is 2.07. The summed E-state index contributed by atoms with van der Waals surface area (Å²) in [5, 5.41) is 6.49. The molecule has 0 heterocycles. The maximum atomic E-state index is 12.3. The van der Waals surface area contributed by atoms with Gasteiger partial charge in [0, 0.05) is 11.1 Å². The summed E-state index contributed by atoms with van der Waals surface area (Å²) in [4.78, 5) is 24.5. The third kappa shape index (κ3) is 2.63. The number of benzene rings is 1. The zero-order chi connectivity index (χ0) is 14.3. The monoisotopic (exact) mass is 312 g/mol. The van der Waals surface area contributed by atoms with E-state index in [2.05, 4.69) is 10.6 Å². The molecule has 2 aliphatic rings. The Bertz CT molecular complexity index is 581. The maximum absolute atomic E-state index is 12.3. The van der Waals surface area contributed by atoms with Crippen LogP contribution < -0.4 is 10.6 Å². The number of hydrogen-bond acceptors (Lipinski definition) is 2. The van der Waals surface area contributed by atoms with Gasteiger partial charge >= 0.3 is 0 Å². The van der Waals surface area contributed by atoms with Crippen molar-refractivity contribution in [3.05, 3.63) is 28.2 Å². The number of nitrogens with one attached hydrogen (secondary N) is 2. The minimum absolute atomic E-state index is 0.171. The number of hydrogen-bond donors (Lipinski definition) is 2. The van der Waals surface area contributed by atoms with Crippen molar-refractivity contribution in [3.8, 4) is 0 Å². The van der Waals surface area contributed by atoms with Gasteiger partial charge in [0.1, 0.15) is 5.41 Å². The van der Waals surface area contributed by atoms with Gasteiger partial charge in [0.25, 0.3) is 0 Å². The van der Waals surface area contributed by atoms with Crippen LogP contribution in [0, 0.1) is 5.41 Å². The fourth-order valence-corrected chi connectivity index (χ4v) is 2.41. The SMILES string of the molecule is O=C(Nc1cc(Cl)ccc1Cl)C1(C(=O)NC2CC2)CC1. The lowest BCUT2D eigenvalue weighted by Crippen LogP contribution is -2.40. The van der Waals surface area contributed by atoms with Crippen molar-refractivity contribution < 1.29 is 9.59 Å². The standard InChI is InChI=1S/C14H14Cl2N2O2/c15-8-1-4-10(16)11(7-8)18-13(20)14(5-6-14)12(19)17-9-2-3-9/h1,4,7,9H,2-3,5-6H2,(H,17,19)(H,18,20). The summed E-state index contributed by atoms with van der Waals surface area (Å²) in [6, 6.07) is 5.09. The number of halogens is 2. The predicted molar refractivity (Wildman–Crippen MR) is 77.9 cm³/mol. The van der Waals surface area contributed by atoms with E-state index in [1.165, 1.54) is 0 Å². The van der Waals surface area contributed by atoms with Gasteiger partial charge in [-0.1, -0.05) is 23.2 Å². The number of rotatable bonds is 4. The highest BCUT2D eigenvalue weighted by molar-refractivity contribution is 6.36. The van der Waals surface area contributed by atoms with Crippen molar-refractivity contribution in [1.82, 2.24) is 5.32 Å². The molecule has 0 unspecified atom stereocenters. The van der Waals surface area contributed by atoms with Crippen LogP contribution in [0.2, 0.25) is 10.0 Å². The summed E-state index contributed by atoms with van der Waals surface area (Å²) < 4.78 is 0. The molecule has 0 aliphatic heterocycles. The smallest absolute Gasteiger partial charge is 0.240 e. The van der Waals surface area contributed by atoms with Crippen molar-refractivity contribution in [2.45, 2.75) is 31.7 Å². The molecule has 2 saturated carbocycles. The molecule has 0 spiro atoms. The Morgan fingerprint density at radius 3 is 2.45 bits per heavy atom. The van der Waals surface area contributed by atoms with E-state index < -0.39 is 5.41 Å². The van der Waals surface area contributed by atoms with E-state index in [1.807, 2.05) is 0 Å². The molecule has 0 aromatic heterocycles. The minimum Gasteiger partial charge on any atom is -0.352 e. The van der Waals surface area contributed by atoms with Crippen molar-refractivity contribution in [3.63, 3.8) is 0 Å². The lowest BCUT2D eigenvalue weighted by molar-refractivity contribution is -0.134. The molecule has 106 valence electrons. The van der Waals surface area contributed by atoms with Crippen molar-refractivity contribution in [2.75, 3.05) is 5.32 Å². The Labute approximate surface area is 126 Å². The third-order valence-corrected chi connectivity index (χ3v) is 4.27. The van der Waals surface area contributed by atoms with Gasteiger partial charge < -0.3 is 10.6 Å². The molecule has 1 aromatic rings. The molecule has 0 bridgehead atoms. The summed E-state index contributed by atoms with van der Waals surface area (Å²) in [7, 11) is 0. The second-order valence-electron chi connectivity index (χ2n) is 5.41. The molecule has 2 aliphatic carbocycles. The van der Waals surface area contributed by atoms with Gasteiger partial charge in [0.15, 0.2) is 0 Å². The van der Waals surface area contributed by atoms with E-state index >= 15 is 0 Å². The number of anilines is 1. The highest BCUT2D eigenvalue weighted by atomic mass is 35.5. The maximum Gasteiger partial charge on any atom is 0.240 e. The first-order valence-corrected chi connectivity index (χ1v) is 7.34. The molecule has 0 saturated heterocycles. The number of carbonyl (C=O) groups is 2. The van der Waals surface area contributed by atoms with Crippen molar-refractivity contribution >= 4 is 40.7 Å². The Kier molecular flexibility index (Phi) is 3.38. The third-order valence-electron chi connectivity index (χ3n) is 3.71. The van der Waals surface area contributed by atoms with Crippen LogP contribution in [0.4, 0.5) is 5.69 Å². The van der Waals surface area contributed by atoms with E-state index in [-0.39, 0.29) is 17.9 Å². The second kappa shape index (κ2) is 4.93. The van der Waals surface area contributed by atoms with Crippen LogP contribution in [0.15, 0.2) is 18.2 Å². The molecule has 4 nitrogen and oxygen atoms in total. The zero-order valence-corrected chi connectivity index (χ0v) is 12.2. The summed E-state index contributed by atoms with van der Waals surface area (Å²) in [6.07, 6.45) is 3.16. The summed E-state index contributed by atoms with van der Waals surface area (Å²) in [5.41, 5.74) is -0.483. The van der Waals surface area contributed by atoms with Gasteiger partial charge in [0.05, 0.1) is 10.7 Å². The van der Waals surface area contributed by atoms with Crippen LogP contribution in [0.1, 0.15) is 25.7 Å². The topological polar surface area (TPSA) is 58.2 Å². The number of carbonyl (C=O) groups excluding carboxylic acids is 2. The first-order chi connectivity index (χ1) is 9.51. The van der Waals surface area contributed by atoms with Crippen molar-refractivity contribution in [2.24, 2.45) is 5.41 Å². The van der Waals surface area contributed by atoms with Crippen LogP contribution >= 0.6 is 23.2 Å². The number of amides is 2. The molecule has 20 heavy (non-hydrogen) atoms. The Morgan fingerprint density at radius 1 is 1.15 bits per heavy atom. The lowest BCUT2D eigenvalue weighted by atomic mass is 10.0. The van der Waals surface area contributed by atoms with Crippen molar-refractivity contribution in [1.29, 1.82) is 0 Å². The normalized spacial score (nSPS) is 19.3. The molecular weight excluding hydrogens is 299 g/mol. The predicted octanol–water partition coefficient (Wildman–Crippen LogP) is 2.99. The molecule has 2 N–H and O–H groups in total. The van der Waals surface area contributed by atoms with Crippen LogP contribution in [-0.2, 0) is 9.59 Å². The Balaban J connectivity index is 1.72. The summed E-state index contributed by atoms with van der Waals surface area (Å²) in [5.74, 6) is -0.476. The van der Waals surface area contributed by atoms with E-state index in [9.17, 15) is 9.59 Å². The van der Waals surface area contributed by atoms with Gasteiger partial charge in [-0.05, 0) is 43.9 Å². The van der Waals surface area contributed by atoms with Gasteiger partial charge in [-0.15, -0.1) is 0 Å². The average Bonchev–Trinajstić information content (AvgIpc) is 3.25. The summed E-state index contributed by atoms with van der Waals surface area (Å²) >= 11 is 11.9. The largest absolute Gasteiger partial charge is 0.352 e. The van der Waals surface area contributed by atoms with Crippen LogP contribution in [-0.4, -0.2) is 17.9 Å². The van der Waals surface area contributed by atoms with E-state index in [0.29, 0.717) is 28.6 Å². The van der Waals surface area contributed by atoms with E-state index in [4.69, 9.17) is 23.2 Å².